The summed E-state index contributed by atoms with van der Waals surface area (Å²) in [5.74, 6) is 0.551. The van der Waals surface area contributed by atoms with Crippen molar-refractivity contribution in [3.63, 3.8) is 0 Å². The van der Waals surface area contributed by atoms with Crippen molar-refractivity contribution in [1.29, 1.82) is 0 Å². The Hall–Kier alpha value is -1.64. The smallest absolute Gasteiger partial charge is 0.251 e. The van der Waals surface area contributed by atoms with Crippen molar-refractivity contribution < 1.29 is 9.59 Å². The van der Waals surface area contributed by atoms with Crippen LogP contribution >= 0.6 is 0 Å². The third-order valence-corrected chi connectivity index (χ3v) is 5.14. The first-order valence-electron chi connectivity index (χ1n) is 9.53. The standard InChI is InChI=1S/C21H31NO2/c1-3-4-6-11-20(16(2)23)22-21(24)19-14-12-18(13-15-19)17-9-7-5-8-10-17/h12-15,17,20H,3-11H2,1-2H3,(H,22,24). The Morgan fingerprint density at radius 1 is 1.08 bits per heavy atom. The Balaban J connectivity index is 1.94. The molecule has 0 saturated heterocycles. The molecule has 3 nitrogen and oxygen atoms in total. The molecule has 0 radical (unpaired) electrons. The lowest BCUT2D eigenvalue weighted by atomic mass is 9.84. The van der Waals surface area contributed by atoms with Gasteiger partial charge in [-0.05, 0) is 49.8 Å². The van der Waals surface area contributed by atoms with E-state index >= 15 is 0 Å². The van der Waals surface area contributed by atoms with Crippen molar-refractivity contribution in [2.75, 3.05) is 0 Å². The number of ketones is 1. The molecule has 1 aliphatic rings. The highest BCUT2D eigenvalue weighted by molar-refractivity contribution is 5.97. The Bertz CT molecular complexity index is 529. The molecule has 0 heterocycles. The fourth-order valence-corrected chi connectivity index (χ4v) is 3.56. The van der Waals surface area contributed by atoms with Gasteiger partial charge < -0.3 is 5.32 Å². The molecule has 1 unspecified atom stereocenters. The summed E-state index contributed by atoms with van der Waals surface area (Å²) in [6, 6.07) is 7.63. The van der Waals surface area contributed by atoms with Crippen LogP contribution in [0.5, 0.6) is 0 Å². The Morgan fingerprint density at radius 2 is 1.75 bits per heavy atom. The first-order valence-corrected chi connectivity index (χ1v) is 9.53. The molecule has 1 saturated carbocycles. The van der Waals surface area contributed by atoms with Gasteiger partial charge in [0.2, 0.25) is 0 Å². The monoisotopic (exact) mass is 329 g/mol. The summed E-state index contributed by atoms with van der Waals surface area (Å²) < 4.78 is 0. The second-order valence-corrected chi connectivity index (χ2v) is 7.09. The highest BCUT2D eigenvalue weighted by Crippen LogP contribution is 2.32. The quantitative estimate of drug-likeness (QED) is 0.682. The van der Waals surface area contributed by atoms with E-state index in [0.717, 1.165) is 25.7 Å². The van der Waals surface area contributed by atoms with Crippen LogP contribution in [0.25, 0.3) is 0 Å². The molecule has 1 aromatic carbocycles. The molecule has 3 heteroatoms. The minimum absolute atomic E-state index is 0.0401. The maximum atomic E-state index is 12.4. The summed E-state index contributed by atoms with van der Waals surface area (Å²) in [6.45, 7) is 3.69. The first-order chi connectivity index (χ1) is 11.6. The van der Waals surface area contributed by atoms with Crippen molar-refractivity contribution in [1.82, 2.24) is 5.32 Å². The van der Waals surface area contributed by atoms with Crippen molar-refractivity contribution in [2.24, 2.45) is 0 Å². The van der Waals surface area contributed by atoms with E-state index in [-0.39, 0.29) is 17.7 Å². The normalized spacial score (nSPS) is 16.6. The number of unbranched alkanes of at least 4 members (excludes halogenated alkanes) is 2. The number of hydrogen-bond donors (Lipinski definition) is 1. The third kappa shape index (κ3) is 5.47. The lowest BCUT2D eigenvalue weighted by Crippen LogP contribution is -2.39. The van der Waals surface area contributed by atoms with Crippen LogP contribution in [0.15, 0.2) is 24.3 Å². The van der Waals surface area contributed by atoms with Gasteiger partial charge in [0.15, 0.2) is 5.78 Å². The maximum Gasteiger partial charge on any atom is 0.251 e. The molecule has 0 bridgehead atoms. The number of carbonyl (C=O) groups excluding carboxylic acids is 2. The van der Waals surface area contributed by atoms with Gasteiger partial charge in [-0.15, -0.1) is 0 Å². The van der Waals surface area contributed by atoms with E-state index in [9.17, 15) is 9.59 Å². The summed E-state index contributed by atoms with van der Waals surface area (Å²) in [5.41, 5.74) is 1.99. The molecule has 0 aliphatic heterocycles. The number of hydrogen-bond acceptors (Lipinski definition) is 2. The molecule has 1 amide bonds. The van der Waals surface area contributed by atoms with Crippen LogP contribution in [-0.4, -0.2) is 17.7 Å². The minimum Gasteiger partial charge on any atom is -0.342 e. The summed E-state index contributed by atoms with van der Waals surface area (Å²) in [7, 11) is 0. The highest BCUT2D eigenvalue weighted by Gasteiger charge is 2.19. The number of nitrogens with one attached hydrogen (secondary N) is 1. The third-order valence-electron chi connectivity index (χ3n) is 5.14. The van der Waals surface area contributed by atoms with E-state index < -0.39 is 0 Å². The SMILES string of the molecule is CCCCCC(NC(=O)c1ccc(C2CCCCC2)cc1)C(C)=O. The second kappa shape index (κ2) is 9.61. The zero-order chi connectivity index (χ0) is 17.4. The van der Waals surface area contributed by atoms with Crippen molar-refractivity contribution >= 4 is 11.7 Å². The van der Waals surface area contributed by atoms with Crippen LogP contribution in [0, 0.1) is 0 Å². The summed E-state index contributed by atoms with van der Waals surface area (Å²) in [4.78, 5) is 24.2. The van der Waals surface area contributed by atoms with E-state index in [1.807, 2.05) is 12.1 Å². The number of rotatable bonds is 8. The topological polar surface area (TPSA) is 46.2 Å². The molecule has 1 aliphatic carbocycles. The van der Waals surface area contributed by atoms with Gasteiger partial charge in [-0.1, -0.05) is 57.6 Å². The molecule has 24 heavy (non-hydrogen) atoms. The zero-order valence-electron chi connectivity index (χ0n) is 15.1. The average Bonchev–Trinajstić information content (AvgIpc) is 2.61. The van der Waals surface area contributed by atoms with Crippen molar-refractivity contribution in [3.05, 3.63) is 35.4 Å². The number of amides is 1. The second-order valence-electron chi connectivity index (χ2n) is 7.09. The Labute approximate surface area is 146 Å². The van der Waals surface area contributed by atoms with Crippen LogP contribution in [0.4, 0.5) is 0 Å². The fraction of sp³-hybridized carbons (Fsp3) is 0.619. The molecular formula is C21H31NO2. The molecule has 1 fully saturated rings. The van der Waals surface area contributed by atoms with Crippen LogP contribution < -0.4 is 5.32 Å². The highest BCUT2D eigenvalue weighted by atomic mass is 16.2. The molecule has 0 spiro atoms. The van der Waals surface area contributed by atoms with E-state index in [4.69, 9.17) is 0 Å². The predicted octanol–water partition coefficient (Wildman–Crippen LogP) is 5.00. The Kier molecular flexibility index (Phi) is 7.48. The minimum atomic E-state index is -0.359. The largest absolute Gasteiger partial charge is 0.342 e. The molecular weight excluding hydrogens is 298 g/mol. The van der Waals surface area contributed by atoms with Gasteiger partial charge in [0, 0.05) is 5.56 Å². The van der Waals surface area contributed by atoms with Crippen molar-refractivity contribution in [2.45, 2.75) is 83.6 Å². The molecule has 0 aromatic heterocycles. The van der Waals surface area contributed by atoms with Crippen LogP contribution in [0.3, 0.4) is 0 Å². The molecule has 132 valence electrons. The average molecular weight is 329 g/mol. The van der Waals surface area contributed by atoms with Gasteiger partial charge in [0.1, 0.15) is 0 Å². The van der Waals surface area contributed by atoms with Gasteiger partial charge in [-0.25, -0.2) is 0 Å². The number of carbonyl (C=O) groups is 2. The molecule has 1 aromatic rings. The first kappa shape index (κ1) is 18.7. The Morgan fingerprint density at radius 3 is 2.33 bits per heavy atom. The summed E-state index contributed by atoms with van der Waals surface area (Å²) in [6.07, 6.45) is 10.4. The van der Waals surface area contributed by atoms with Gasteiger partial charge in [0.05, 0.1) is 6.04 Å². The van der Waals surface area contributed by atoms with E-state index in [0.29, 0.717) is 11.5 Å². The van der Waals surface area contributed by atoms with Crippen LogP contribution in [0.1, 0.15) is 93.5 Å². The number of benzene rings is 1. The van der Waals surface area contributed by atoms with E-state index in [2.05, 4.69) is 24.4 Å². The fourth-order valence-electron chi connectivity index (χ4n) is 3.56. The molecule has 2 rings (SSSR count). The van der Waals surface area contributed by atoms with E-state index in [1.54, 1.807) is 6.92 Å². The van der Waals surface area contributed by atoms with Gasteiger partial charge >= 0.3 is 0 Å². The van der Waals surface area contributed by atoms with Crippen LogP contribution in [0.2, 0.25) is 0 Å². The predicted molar refractivity (Wildman–Crippen MR) is 98.3 cm³/mol. The van der Waals surface area contributed by atoms with Gasteiger partial charge in [-0.2, -0.15) is 0 Å². The van der Waals surface area contributed by atoms with E-state index in [1.165, 1.54) is 37.7 Å². The van der Waals surface area contributed by atoms with Gasteiger partial charge in [0.25, 0.3) is 5.91 Å². The van der Waals surface area contributed by atoms with Crippen molar-refractivity contribution in [3.8, 4) is 0 Å². The molecule has 1 N–H and O–H groups in total. The maximum absolute atomic E-state index is 12.4. The lowest BCUT2D eigenvalue weighted by Gasteiger charge is -2.22. The number of Topliss-reactive ketones (excluding diaryl/α,β-unsaturated/α-hetero) is 1. The van der Waals surface area contributed by atoms with Crippen LogP contribution in [-0.2, 0) is 4.79 Å². The summed E-state index contributed by atoms with van der Waals surface area (Å²) in [5, 5.41) is 2.90. The molecule has 1 atom stereocenters. The summed E-state index contributed by atoms with van der Waals surface area (Å²) >= 11 is 0. The van der Waals surface area contributed by atoms with Gasteiger partial charge in [-0.3, -0.25) is 9.59 Å². The lowest BCUT2D eigenvalue weighted by molar-refractivity contribution is -0.119. The zero-order valence-corrected chi connectivity index (χ0v) is 15.1.